The van der Waals surface area contributed by atoms with E-state index in [-0.39, 0.29) is 0 Å². The van der Waals surface area contributed by atoms with Gasteiger partial charge in [-0.25, -0.2) is 14.4 Å². The molecule has 0 N–H and O–H groups in total. The Bertz CT molecular complexity index is 1350. The molecule has 6 nitrogen and oxygen atoms in total. The number of rotatable bonds is 19. The molecule has 234 valence electrons. The monoisotopic (exact) mass is 616 g/mol. The molecule has 0 unspecified atom stereocenters. The number of esters is 3. The summed E-state index contributed by atoms with van der Waals surface area (Å²) in [6.07, 6.45) is 12.8. The van der Waals surface area contributed by atoms with Gasteiger partial charge in [-0.05, 0) is 104 Å². The van der Waals surface area contributed by atoms with Crippen molar-refractivity contribution in [2.75, 3.05) is 12.4 Å². The number of aryl methyl sites for hydroxylation is 2. The van der Waals surface area contributed by atoms with Crippen LogP contribution < -0.4 is 9.47 Å². The van der Waals surface area contributed by atoms with Crippen LogP contribution in [0.3, 0.4) is 0 Å². The van der Waals surface area contributed by atoms with Crippen molar-refractivity contribution in [3.63, 3.8) is 0 Å². The number of hydrogen-bond donors (Lipinski definition) is 0. The van der Waals surface area contributed by atoms with Gasteiger partial charge in [0, 0.05) is 11.0 Å². The lowest BCUT2D eigenvalue weighted by Gasteiger charge is -2.09. The van der Waals surface area contributed by atoms with Crippen molar-refractivity contribution in [2.45, 2.75) is 83.0 Å². The van der Waals surface area contributed by atoms with Crippen LogP contribution in [-0.4, -0.2) is 30.3 Å². The van der Waals surface area contributed by atoms with E-state index in [4.69, 9.17) is 14.2 Å². The normalized spacial score (nSPS) is 10.7. The standard InChI is InChI=1S/C37H44O6S/c1-4-6-7-8-9-10-11-14-29-15-20-32(21-16-29)42-36(39)30-17-22-33(23-18-30)43-37(40)31-19-24-34(28(3)27-31)44-26-13-12-25-41-35(38)5-2/h5,15-24,27H,2,4,6-14,25-26H2,1,3H3. The molecule has 0 saturated carbocycles. The third kappa shape index (κ3) is 12.4. The van der Waals surface area contributed by atoms with E-state index in [0.29, 0.717) is 29.2 Å². The molecular formula is C37H44O6S. The van der Waals surface area contributed by atoms with Crippen molar-refractivity contribution in [3.05, 3.63) is 102 Å². The van der Waals surface area contributed by atoms with Crippen molar-refractivity contribution >= 4 is 29.7 Å². The molecule has 0 amide bonds. The second-order valence-electron chi connectivity index (χ2n) is 10.7. The minimum absolute atomic E-state index is 0.342. The zero-order valence-corrected chi connectivity index (χ0v) is 26.8. The number of carbonyl (C=O) groups is 3. The summed E-state index contributed by atoms with van der Waals surface area (Å²) in [5.74, 6) is 0.370. The van der Waals surface area contributed by atoms with Crippen molar-refractivity contribution in [2.24, 2.45) is 0 Å². The molecule has 0 fully saturated rings. The molecule has 0 bridgehead atoms. The summed E-state index contributed by atoms with van der Waals surface area (Å²) in [6, 6.07) is 19.5. The second-order valence-corrected chi connectivity index (χ2v) is 11.9. The zero-order chi connectivity index (χ0) is 31.6. The van der Waals surface area contributed by atoms with Gasteiger partial charge in [-0.2, -0.15) is 0 Å². The fraction of sp³-hybridized carbons (Fsp3) is 0.378. The van der Waals surface area contributed by atoms with Crippen LogP contribution in [0.15, 0.2) is 84.3 Å². The van der Waals surface area contributed by atoms with Crippen LogP contribution >= 0.6 is 11.8 Å². The van der Waals surface area contributed by atoms with E-state index in [1.807, 2.05) is 43.3 Å². The fourth-order valence-electron chi connectivity index (χ4n) is 4.56. The molecule has 0 saturated heterocycles. The minimum Gasteiger partial charge on any atom is -0.463 e. The van der Waals surface area contributed by atoms with Crippen molar-refractivity contribution in [1.82, 2.24) is 0 Å². The van der Waals surface area contributed by atoms with E-state index in [9.17, 15) is 14.4 Å². The summed E-state index contributed by atoms with van der Waals surface area (Å²) in [7, 11) is 0. The predicted octanol–water partition coefficient (Wildman–Crippen LogP) is 9.33. The first-order valence-corrected chi connectivity index (χ1v) is 16.5. The molecule has 7 heteroatoms. The van der Waals surface area contributed by atoms with Crippen LogP contribution in [-0.2, 0) is 16.0 Å². The van der Waals surface area contributed by atoms with Gasteiger partial charge in [0.2, 0.25) is 0 Å². The summed E-state index contributed by atoms with van der Waals surface area (Å²) in [6.45, 7) is 7.95. The van der Waals surface area contributed by atoms with Gasteiger partial charge in [-0.3, -0.25) is 0 Å². The SMILES string of the molecule is C=CC(=O)OCCCCSc1ccc(C(=O)Oc2ccc(C(=O)Oc3ccc(CCCCCCCCC)cc3)cc2)cc1C. The lowest BCUT2D eigenvalue weighted by atomic mass is 10.0. The Kier molecular flexibility index (Phi) is 15.3. The lowest BCUT2D eigenvalue weighted by molar-refractivity contribution is -0.137. The van der Waals surface area contributed by atoms with E-state index < -0.39 is 17.9 Å². The van der Waals surface area contributed by atoms with Gasteiger partial charge >= 0.3 is 17.9 Å². The van der Waals surface area contributed by atoms with E-state index in [1.165, 1.54) is 50.5 Å². The van der Waals surface area contributed by atoms with Crippen LogP contribution in [0.1, 0.15) is 96.6 Å². The van der Waals surface area contributed by atoms with E-state index in [1.54, 1.807) is 42.1 Å². The van der Waals surface area contributed by atoms with Gasteiger partial charge in [-0.1, -0.05) is 64.2 Å². The average Bonchev–Trinajstić information content (AvgIpc) is 3.03. The van der Waals surface area contributed by atoms with Crippen LogP contribution in [0, 0.1) is 6.92 Å². The number of unbranched alkanes of at least 4 members (excludes halogenated alkanes) is 7. The first kappa shape index (κ1) is 34.6. The minimum atomic E-state index is -0.472. The van der Waals surface area contributed by atoms with Crippen LogP contribution in [0.25, 0.3) is 0 Å². The lowest BCUT2D eigenvalue weighted by Crippen LogP contribution is -2.10. The highest BCUT2D eigenvalue weighted by molar-refractivity contribution is 7.99. The van der Waals surface area contributed by atoms with Crippen LogP contribution in [0.2, 0.25) is 0 Å². The zero-order valence-electron chi connectivity index (χ0n) is 26.0. The Morgan fingerprint density at radius 2 is 1.32 bits per heavy atom. The second kappa shape index (κ2) is 19.4. The Labute approximate surface area is 266 Å². The highest BCUT2D eigenvalue weighted by Gasteiger charge is 2.13. The van der Waals surface area contributed by atoms with Crippen LogP contribution in [0.5, 0.6) is 11.5 Å². The molecule has 0 aromatic heterocycles. The first-order valence-electron chi connectivity index (χ1n) is 15.6. The van der Waals surface area contributed by atoms with Gasteiger partial charge in [0.05, 0.1) is 17.7 Å². The maximum Gasteiger partial charge on any atom is 0.343 e. The molecule has 0 radical (unpaired) electrons. The molecular weight excluding hydrogens is 572 g/mol. The number of thioether (sulfide) groups is 1. The van der Waals surface area contributed by atoms with Crippen molar-refractivity contribution < 1.29 is 28.6 Å². The molecule has 3 aromatic carbocycles. The highest BCUT2D eigenvalue weighted by atomic mass is 32.2. The molecule has 3 rings (SSSR count). The summed E-state index contributed by atoms with van der Waals surface area (Å²) in [5.41, 5.74) is 3.04. The van der Waals surface area contributed by atoms with Gasteiger partial charge in [0.25, 0.3) is 0 Å². The quantitative estimate of drug-likeness (QED) is 0.0436. The molecule has 0 aliphatic heterocycles. The third-order valence-electron chi connectivity index (χ3n) is 7.12. The first-order chi connectivity index (χ1) is 21.4. The summed E-state index contributed by atoms with van der Waals surface area (Å²) < 4.78 is 16.1. The predicted molar refractivity (Wildman–Crippen MR) is 177 cm³/mol. The average molecular weight is 617 g/mol. The van der Waals surface area contributed by atoms with E-state index in [0.717, 1.165) is 41.6 Å². The van der Waals surface area contributed by atoms with Crippen LogP contribution in [0.4, 0.5) is 0 Å². The number of hydrogen-bond acceptors (Lipinski definition) is 7. The number of ether oxygens (including phenoxy) is 3. The Balaban J connectivity index is 1.41. The van der Waals surface area contributed by atoms with Crippen molar-refractivity contribution in [3.8, 4) is 11.5 Å². The van der Waals surface area contributed by atoms with E-state index in [2.05, 4.69) is 13.5 Å². The van der Waals surface area contributed by atoms with Crippen molar-refractivity contribution in [1.29, 1.82) is 0 Å². The number of carbonyl (C=O) groups excluding carboxylic acids is 3. The molecule has 44 heavy (non-hydrogen) atoms. The molecule has 3 aromatic rings. The highest BCUT2D eigenvalue weighted by Crippen LogP contribution is 2.25. The maximum atomic E-state index is 12.7. The topological polar surface area (TPSA) is 78.9 Å². The molecule has 0 heterocycles. The number of benzene rings is 3. The maximum absolute atomic E-state index is 12.7. The van der Waals surface area contributed by atoms with Gasteiger partial charge in [0.15, 0.2) is 0 Å². The summed E-state index contributed by atoms with van der Waals surface area (Å²) in [4.78, 5) is 37.6. The van der Waals surface area contributed by atoms with E-state index >= 15 is 0 Å². The molecule has 0 spiro atoms. The summed E-state index contributed by atoms with van der Waals surface area (Å²) >= 11 is 1.69. The Morgan fingerprint density at radius 3 is 1.95 bits per heavy atom. The van der Waals surface area contributed by atoms with Gasteiger partial charge in [-0.15, -0.1) is 11.8 Å². The van der Waals surface area contributed by atoms with Gasteiger partial charge < -0.3 is 14.2 Å². The largest absolute Gasteiger partial charge is 0.463 e. The Hall–Kier alpha value is -3.84. The molecule has 0 atom stereocenters. The fourth-order valence-corrected chi connectivity index (χ4v) is 5.58. The summed E-state index contributed by atoms with van der Waals surface area (Å²) in [5, 5.41) is 0. The third-order valence-corrected chi connectivity index (χ3v) is 8.38. The Morgan fingerprint density at radius 1 is 0.727 bits per heavy atom. The van der Waals surface area contributed by atoms with Gasteiger partial charge in [0.1, 0.15) is 11.5 Å². The molecule has 0 aliphatic rings. The molecule has 0 aliphatic carbocycles. The smallest absolute Gasteiger partial charge is 0.343 e.